The normalized spacial score (nSPS) is 48.7. The standard InChI is InChI=1S/C10H18O3/c1-7-8-4-5-10(13-7,6-11-2)9(8)12-3/h7-9H,4-6H2,1-3H3/t7-,8+,9?,10-/m0/s1. The van der Waals surface area contributed by atoms with Crippen LogP contribution in [0.25, 0.3) is 0 Å². The van der Waals surface area contributed by atoms with Crippen LogP contribution in [0.3, 0.4) is 0 Å². The van der Waals surface area contributed by atoms with Crippen LogP contribution in [0.4, 0.5) is 0 Å². The minimum Gasteiger partial charge on any atom is -0.382 e. The molecule has 1 unspecified atom stereocenters. The zero-order valence-corrected chi connectivity index (χ0v) is 8.58. The van der Waals surface area contributed by atoms with Crippen molar-refractivity contribution < 1.29 is 14.2 Å². The largest absolute Gasteiger partial charge is 0.382 e. The Labute approximate surface area is 79.4 Å². The van der Waals surface area contributed by atoms with Gasteiger partial charge >= 0.3 is 0 Å². The Morgan fingerprint density at radius 3 is 2.77 bits per heavy atom. The van der Waals surface area contributed by atoms with Crippen molar-refractivity contribution in [2.75, 3.05) is 20.8 Å². The molecule has 3 nitrogen and oxygen atoms in total. The van der Waals surface area contributed by atoms with Crippen LogP contribution in [0.5, 0.6) is 0 Å². The predicted octanol–water partition coefficient (Wildman–Crippen LogP) is 1.22. The first-order valence-corrected chi connectivity index (χ1v) is 4.93. The van der Waals surface area contributed by atoms with Gasteiger partial charge in [0.25, 0.3) is 0 Å². The number of fused-ring (bicyclic) bond motifs is 2. The van der Waals surface area contributed by atoms with Gasteiger partial charge in [-0.2, -0.15) is 0 Å². The second-order valence-corrected chi connectivity index (χ2v) is 4.18. The lowest BCUT2D eigenvalue weighted by molar-refractivity contribution is -0.126. The SMILES string of the molecule is COC[C@@]12CC[C@@H](C1OC)[C@H](C)O2. The van der Waals surface area contributed by atoms with Gasteiger partial charge in [-0.3, -0.25) is 0 Å². The smallest absolute Gasteiger partial charge is 0.118 e. The summed E-state index contributed by atoms with van der Waals surface area (Å²) >= 11 is 0. The van der Waals surface area contributed by atoms with Crippen molar-refractivity contribution in [3.8, 4) is 0 Å². The number of rotatable bonds is 3. The molecule has 2 rings (SSSR count). The molecule has 0 aromatic carbocycles. The lowest BCUT2D eigenvalue weighted by Gasteiger charge is -2.30. The van der Waals surface area contributed by atoms with Gasteiger partial charge in [0.05, 0.1) is 18.8 Å². The molecule has 4 atom stereocenters. The van der Waals surface area contributed by atoms with E-state index in [1.165, 1.54) is 6.42 Å². The number of hydrogen-bond donors (Lipinski definition) is 0. The molecule has 2 fully saturated rings. The van der Waals surface area contributed by atoms with E-state index >= 15 is 0 Å². The fourth-order valence-electron chi connectivity index (χ4n) is 2.98. The highest BCUT2D eigenvalue weighted by Crippen LogP contribution is 2.49. The molecule has 0 spiro atoms. The molecule has 0 amide bonds. The van der Waals surface area contributed by atoms with Crippen LogP contribution in [0.1, 0.15) is 19.8 Å². The van der Waals surface area contributed by atoms with Crippen LogP contribution >= 0.6 is 0 Å². The highest BCUT2D eigenvalue weighted by Gasteiger charge is 2.58. The Balaban J connectivity index is 2.17. The molecule has 1 saturated heterocycles. The minimum absolute atomic E-state index is 0.145. The first-order chi connectivity index (χ1) is 6.23. The van der Waals surface area contributed by atoms with Gasteiger partial charge < -0.3 is 14.2 Å². The summed E-state index contributed by atoms with van der Waals surface area (Å²) in [6.45, 7) is 2.79. The minimum atomic E-state index is -0.145. The molecule has 1 aliphatic heterocycles. The van der Waals surface area contributed by atoms with Crippen molar-refractivity contribution in [3.05, 3.63) is 0 Å². The summed E-state index contributed by atoms with van der Waals surface area (Å²) in [5.74, 6) is 0.570. The maximum Gasteiger partial charge on any atom is 0.118 e. The summed E-state index contributed by atoms with van der Waals surface area (Å²) in [4.78, 5) is 0. The fraction of sp³-hybridized carbons (Fsp3) is 1.00. The Kier molecular flexibility index (Phi) is 2.34. The molecular formula is C10H18O3. The van der Waals surface area contributed by atoms with Gasteiger partial charge in [-0.05, 0) is 19.8 Å². The molecule has 3 heteroatoms. The van der Waals surface area contributed by atoms with Crippen LogP contribution in [-0.4, -0.2) is 38.6 Å². The molecule has 13 heavy (non-hydrogen) atoms. The molecule has 2 aliphatic rings. The van der Waals surface area contributed by atoms with E-state index in [-0.39, 0.29) is 11.7 Å². The van der Waals surface area contributed by atoms with Crippen LogP contribution in [0, 0.1) is 5.92 Å². The van der Waals surface area contributed by atoms with Crippen molar-refractivity contribution in [2.45, 2.75) is 37.6 Å². The first-order valence-electron chi connectivity index (χ1n) is 4.93. The van der Waals surface area contributed by atoms with E-state index in [0.29, 0.717) is 18.6 Å². The van der Waals surface area contributed by atoms with E-state index in [2.05, 4.69) is 6.92 Å². The third-order valence-electron chi connectivity index (χ3n) is 3.47. The van der Waals surface area contributed by atoms with Gasteiger partial charge in [0.1, 0.15) is 5.60 Å². The van der Waals surface area contributed by atoms with E-state index in [0.717, 1.165) is 6.42 Å². The maximum atomic E-state index is 5.94. The van der Waals surface area contributed by atoms with Crippen LogP contribution in [-0.2, 0) is 14.2 Å². The summed E-state index contributed by atoms with van der Waals surface area (Å²) in [6, 6.07) is 0. The van der Waals surface area contributed by atoms with Gasteiger partial charge in [0.15, 0.2) is 0 Å². The molecule has 0 radical (unpaired) electrons. The quantitative estimate of drug-likeness (QED) is 0.663. The topological polar surface area (TPSA) is 27.7 Å². The Bertz CT molecular complexity index is 195. The number of hydrogen-bond acceptors (Lipinski definition) is 3. The lowest BCUT2D eigenvalue weighted by atomic mass is 9.99. The number of methoxy groups -OCH3 is 2. The molecule has 0 aromatic heterocycles. The van der Waals surface area contributed by atoms with Crippen molar-refractivity contribution in [3.63, 3.8) is 0 Å². The summed E-state index contributed by atoms with van der Waals surface area (Å²) < 4.78 is 16.7. The summed E-state index contributed by atoms with van der Waals surface area (Å²) in [7, 11) is 3.50. The Morgan fingerprint density at radius 1 is 1.46 bits per heavy atom. The van der Waals surface area contributed by atoms with E-state index in [1.807, 2.05) is 0 Å². The van der Waals surface area contributed by atoms with Gasteiger partial charge in [-0.1, -0.05) is 0 Å². The molecule has 0 N–H and O–H groups in total. The Morgan fingerprint density at radius 2 is 2.23 bits per heavy atom. The van der Waals surface area contributed by atoms with Gasteiger partial charge in [-0.15, -0.1) is 0 Å². The molecule has 0 aromatic rings. The number of ether oxygens (including phenoxy) is 3. The van der Waals surface area contributed by atoms with E-state index < -0.39 is 0 Å². The second kappa shape index (κ2) is 3.23. The first kappa shape index (κ1) is 9.44. The summed E-state index contributed by atoms with van der Waals surface area (Å²) in [5.41, 5.74) is -0.145. The van der Waals surface area contributed by atoms with Crippen LogP contribution in [0.15, 0.2) is 0 Å². The Hall–Kier alpha value is -0.120. The summed E-state index contributed by atoms with van der Waals surface area (Å²) in [5, 5.41) is 0. The third-order valence-corrected chi connectivity index (χ3v) is 3.47. The zero-order chi connectivity index (χ0) is 9.47. The van der Waals surface area contributed by atoms with Gasteiger partial charge in [0, 0.05) is 20.1 Å². The molecule has 76 valence electrons. The highest BCUT2D eigenvalue weighted by atomic mass is 16.6. The third kappa shape index (κ3) is 1.22. The second-order valence-electron chi connectivity index (χ2n) is 4.18. The van der Waals surface area contributed by atoms with E-state index in [9.17, 15) is 0 Å². The maximum absolute atomic E-state index is 5.94. The summed E-state index contributed by atoms with van der Waals surface area (Å²) in [6.07, 6.45) is 2.86. The molecule has 1 heterocycles. The van der Waals surface area contributed by atoms with E-state index in [1.54, 1.807) is 14.2 Å². The van der Waals surface area contributed by atoms with Gasteiger partial charge in [-0.25, -0.2) is 0 Å². The molecule has 1 saturated carbocycles. The monoisotopic (exact) mass is 186 g/mol. The molecular weight excluding hydrogens is 168 g/mol. The average molecular weight is 186 g/mol. The van der Waals surface area contributed by atoms with Crippen molar-refractivity contribution in [1.82, 2.24) is 0 Å². The average Bonchev–Trinajstić information content (AvgIpc) is 2.55. The van der Waals surface area contributed by atoms with Gasteiger partial charge in [0.2, 0.25) is 0 Å². The van der Waals surface area contributed by atoms with Crippen LogP contribution < -0.4 is 0 Å². The highest BCUT2D eigenvalue weighted by molar-refractivity contribution is 5.07. The fourth-order valence-corrected chi connectivity index (χ4v) is 2.98. The van der Waals surface area contributed by atoms with Crippen molar-refractivity contribution in [1.29, 1.82) is 0 Å². The molecule has 1 aliphatic carbocycles. The van der Waals surface area contributed by atoms with Crippen molar-refractivity contribution in [2.24, 2.45) is 5.92 Å². The van der Waals surface area contributed by atoms with Crippen LogP contribution in [0.2, 0.25) is 0 Å². The lowest BCUT2D eigenvalue weighted by Crippen LogP contribution is -2.42. The van der Waals surface area contributed by atoms with E-state index in [4.69, 9.17) is 14.2 Å². The zero-order valence-electron chi connectivity index (χ0n) is 8.58. The predicted molar refractivity (Wildman–Crippen MR) is 48.7 cm³/mol. The molecule has 2 bridgehead atoms. The van der Waals surface area contributed by atoms with Crippen molar-refractivity contribution >= 4 is 0 Å².